The third-order valence-electron chi connectivity index (χ3n) is 9.19. The van der Waals surface area contributed by atoms with E-state index in [1.807, 2.05) is 31.2 Å². The highest BCUT2D eigenvalue weighted by Gasteiger charge is 2.23. The second-order valence-corrected chi connectivity index (χ2v) is 14.3. The van der Waals surface area contributed by atoms with Gasteiger partial charge in [0.1, 0.15) is 6.61 Å². The number of methoxy groups -OCH3 is 3. The van der Waals surface area contributed by atoms with Gasteiger partial charge in [-0.25, -0.2) is 0 Å². The number of aryl methyl sites for hydroxylation is 1. The Morgan fingerprint density at radius 1 is 0.714 bits per heavy atom. The summed E-state index contributed by atoms with van der Waals surface area (Å²) >= 11 is 0. The van der Waals surface area contributed by atoms with E-state index in [2.05, 4.69) is 28.1 Å². The molecule has 0 aromatic heterocycles. The quantitative estimate of drug-likeness (QED) is 0.0401. The van der Waals surface area contributed by atoms with Crippen molar-refractivity contribution >= 4 is 23.3 Å². The van der Waals surface area contributed by atoms with Crippen molar-refractivity contribution in [2.75, 3.05) is 165 Å². The van der Waals surface area contributed by atoms with Gasteiger partial charge in [-0.3, -0.25) is 9.59 Å². The lowest BCUT2D eigenvalue weighted by Crippen LogP contribution is -2.43. The first kappa shape index (κ1) is 57.9. The van der Waals surface area contributed by atoms with Gasteiger partial charge in [-0.1, -0.05) is 31.9 Å². The smallest absolute Gasteiger partial charge is 0.309 e. The molecule has 0 aliphatic rings. The Bertz CT molecular complexity index is 1310. The first-order valence-corrected chi connectivity index (χ1v) is 22.1. The molecule has 0 saturated carbocycles. The van der Waals surface area contributed by atoms with E-state index in [0.717, 1.165) is 36.2 Å². The van der Waals surface area contributed by atoms with Crippen molar-refractivity contribution in [3.63, 3.8) is 0 Å². The average Bonchev–Trinajstić information content (AvgIpc) is 3.28. The van der Waals surface area contributed by atoms with Gasteiger partial charge in [0.2, 0.25) is 0 Å². The predicted molar refractivity (Wildman–Crippen MR) is 238 cm³/mol. The lowest BCUT2D eigenvalue weighted by Gasteiger charge is -2.32. The maximum Gasteiger partial charge on any atom is 0.309 e. The summed E-state index contributed by atoms with van der Waals surface area (Å²) in [5, 5.41) is 17.0. The Hall–Kier alpha value is -3.14. The second kappa shape index (κ2) is 41.6. The van der Waals surface area contributed by atoms with Gasteiger partial charge in [-0.2, -0.15) is 10.2 Å². The molecule has 0 radical (unpaired) electrons. The molecule has 0 aliphatic carbocycles. The highest BCUT2D eigenvalue weighted by Crippen LogP contribution is 2.26. The van der Waals surface area contributed by atoms with Crippen molar-refractivity contribution < 1.29 is 71.5 Å². The Morgan fingerprint density at radius 3 is 1.71 bits per heavy atom. The molecule has 1 N–H and O–H groups in total. The molecule has 18 heteroatoms. The maximum atomic E-state index is 12.3. The Morgan fingerprint density at radius 2 is 1.24 bits per heavy atom. The van der Waals surface area contributed by atoms with E-state index in [-0.39, 0.29) is 45.1 Å². The summed E-state index contributed by atoms with van der Waals surface area (Å²) in [6.07, 6.45) is 8.24. The Balaban J connectivity index is 2.37. The molecule has 0 aliphatic heterocycles. The van der Waals surface area contributed by atoms with Gasteiger partial charge < -0.3 is 66.8 Å². The monoisotopic (exact) mass is 902 g/mol. The van der Waals surface area contributed by atoms with Crippen LogP contribution in [0.4, 0.5) is 11.4 Å². The zero-order valence-corrected chi connectivity index (χ0v) is 39.0. The van der Waals surface area contributed by atoms with Gasteiger partial charge in [-0.15, -0.1) is 0 Å². The molecular weight excluding hydrogens is 823 g/mol. The van der Waals surface area contributed by atoms with Crippen molar-refractivity contribution in [2.45, 2.75) is 64.6 Å². The number of carbonyl (C=O) groups excluding carboxylic acids is 2. The van der Waals surface area contributed by atoms with Gasteiger partial charge >= 0.3 is 11.9 Å². The Labute approximate surface area is 376 Å². The predicted octanol–water partition coefficient (Wildman–Crippen LogP) is 4.92. The zero-order chi connectivity index (χ0) is 46.0. The van der Waals surface area contributed by atoms with Crippen LogP contribution in [0.15, 0.2) is 40.6 Å². The largest absolute Gasteiger partial charge is 0.469 e. The number of carbonyl (C=O) groups is 2. The SMILES string of the molecule is CCCCC/C=C/CC(CC(=O)OCCOCCOCCOCCOCCOC(COC)CN(CC(COC)OCCOCCOCCO)c1ccc(N=NC)c(C)c1)C(=O)OC. The van der Waals surface area contributed by atoms with Gasteiger partial charge in [-0.05, 0) is 49.9 Å². The van der Waals surface area contributed by atoms with Crippen LogP contribution in [0.3, 0.4) is 0 Å². The van der Waals surface area contributed by atoms with Crippen molar-refractivity contribution in [1.82, 2.24) is 0 Å². The maximum absolute atomic E-state index is 12.3. The molecule has 1 aromatic carbocycles. The van der Waals surface area contributed by atoms with E-state index in [1.165, 1.54) is 13.5 Å². The molecule has 1 aromatic rings. The lowest BCUT2D eigenvalue weighted by molar-refractivity contribution is -0.154. The van der Waals surface area contributed by atoms with Crippen molar-refractivity contribution in [3.05, 3.63) is 35.9 Å². The fourth-order valence-electron chi connectivity index (χ4n) is 6.00. The molecule has 0 saturated heterocycles. The summed E-state index contributed by atoms with van der Waals surface area (Å²) in [5.41, 5.74) is 2.75. The standard InChI is InChI=1S/C45H79N3O15/c1-7-8-9-10-11-12-13-39(45(51)54-6)33-44(50)63-31-28-60-25-23-57-21-20-56-22-24-59-27-30-62-42(37-53-5)35-48(40-14-15-43(47-46-3)38(2)32-40)34-41(36-52-4)61-29-26-58-19-18-55-17-16-49/h11-12,14-15,32,39,41-42,49H,7-10,13,16-31,33-37H2,1-6H3/b12-11+,47-46?. The fraction of sp³-hybridized carbons (Fsp3) is 0.778. The summed E-state index contributed by atoms with van der Waals surface area (Å²) in [6.45, 7) is 11.2. The van der Waals surface area contributed by atoms with E-state index >= 15 is 0 Å². The number of hydrogen-bond acceptors (Lipinski definition) is 18. The number of rotatable bonds is 44. The molecule has 1 rings (SSSR count). The van der Waals surface area contributed by atoms with Gasteiger partial charge in [0.25, 0.3) is 0 Å². The highest BCUT2D eigenvalue weighted by molar-refractivity contribution is 5.80. The van der Waals surface area contributed by atoms with Crippen molar-refractivity contribution in [1.29, 1.82) is 0 Å². The van der Waals surface area contributed by atoms with Crippen LogP contribution < -0.4 is 4.90 Å². The number of benzene rings is 1. The first-order chi connectivity index (χ1) is 30.8. The second-order valence-electron chi connectivity index (χ2n) is 14.3. The molecule has 0 amide bonds. The van der Waals surface area contributed by atoms with Crippen LogP contribution in [0.2, 0.25) is 0 Å². The number of hydrogen-bond donors (Lipinski definition) is 1. The first-order valence-electron chi connectivity index (χ1n) is 22.1. The topological polar surface area (TPSA) is 193 Å². The van der Waals surface area contributed by atoms with E-state index < -0.39 is 17.9 Å². The summed E-state index contributed by atoms with van der Waals surface area (Å²) in [4.78, 5) is 26.6. The van der Waals surface area contributed by atoms with Crippen LogP contribution in [0, 0.1) is 12.8 Å². The summed E-state index contributed by atoms with van der Waals surface area (Å²) in [6, 6.07) is 6.02. The van der Waals surface area contributed by atoms with Crippen LogP contribution in [0.5, 0.6) is 0 Å². The summed E-state index contributed by atoms with van der Waals surface area (Å²) in [5.74, 6) is -1.45. The normalized spacial score (nSPS) is 13.2. The van der Waals surface area contributed by atoms with E-state index in [0.29, 0.717) is 112 Å². The van der Waals surface area contributed by atoms with Gasteiger partial charge in [0.15, 0.2) is 0 Å². The van der Waals surface area contributed by atoms with E-state index in [1.54, 1.807) is 21.3 Å². The molecular formula is C45H79N3O15. The fourth-order valence-corrected chi connectivity index (χ4v) is 6.00. The Kier molecular flexibility index (Phi) is 38.2. The third kappa shape index (κ3) is 31.4. The van der Waals surface area contributed by atoms with Crippen LogP contribution in [0.25, 0.3) is 0 Å². The van der Waals surface area contributed by atoms with Crippen molar-refractivity contribution in [2.24, 2.45) is 16.1 Å². The summed E-state index contributed by atoms with van der Waals surface area (Å²) < 4.78 is 66.8. The zero-order valence-electron chi connectivity index (χ0n) is 39.0. The lowest BCUT2D eigenvalue weighted by atomic mass is 10.0. The number of anilines is 1. The molecule has 63 heavy (non-hydrogen) atoms. The number of esters is 2. The highest BCUT2D eigenvalue weighted by atomic mass is 16.6. The van der Waals surface area contributed by atoms with E-state index in [4.69, 9.17) is 61.9 Å². The molecule has 18 nitrogen and oxygen atoms in total. The minimum Gasteiger partial charge on any atom is -0.469 e. The number of aliphatic hydroxyl groups is 1. The number of ether oxygens (including phenoxy) is 12. The van der Waals surface area contributed by atoms with E-state index in [9.17, 15) is 9.59 Å². The van der Waals surface area contributed by atoms with Crippen LogP contribution in [-0.4, -0.2) is 190 Å². The van der Waals surface area contributed by atoms with Crippen LogP contribution in [-0.2, 0) is 66.4 Å². The van der Waals surface area contributed by atoms with Crippen LogP contribution in [0.1, 0.15) is 51.0 Å². The third-order valence-corrected chi connectivity index (χ3v) is 9.19. The summed E-state index contributed by atoms with van der Waals surface area (Å²) in [7, 11) is 6.26. The molecule has 3 atom stereocenters. The molecule has 0 fully saturated rings. The number of nitrogens with zero attached hydrogens (tertiary/aromatic N) is 3. The van der Waals surface area contributed by atoms with Gasteiger partial charge in [0.05, 0.1) is 150 Å². The number of unbranched alkanes of at least 4 members (excludes halogenated alkanes) is 3. The molecule has 0 heterocycles. The molecule has 364 valence electrons. The number of aliphatic hydroxyl groups excluding tert-OH is 1. The number of azo groups is 1. The van der Waals surface area contributed by atoms with Gasteiger partial charge in [0, 0.05) is 40.0 Å². The minimum absolute atomic E-state index is 0.0188. The molecule has 0 bridgehead atoms. The van der Waals surface area contributed by atoms with Crippen LogP contribution >= 0.6 is 0 Å². The molecule has 3 unspecified atom stereocenters. The molecule has 0 spiro atoms. The number of allylic oxidation sites excluding steroid dienone is 2. The van der Waals surface area contributed by atoms with Crippen molar-refractivity contribution in [3.8, 4) is 0 Å². The average molecular weight is 902 g/mol. The minimum atomic E-state index is -0.565.